The minimum atomic E-state index is -0.942. The lowest BCUT2D eigenvalue weighted by Crippen LogP contribution is -2.15. The molecule has 132 valence electrons. The first-order chi connectivity index (χ1) is 12.0. The van der Waals surface area contributed by atoms with Crippen molar-refractivity contribution in [3.05, 3.63) is 53.6 Å². The fourth-order valence-electron chi connectivity index (χ4n) is 2.50. The summed E-state index contributed by atoms with van der Waals surface area (Å²) in [5.41, 5.74) is 1.96. The molecular formula is C19H21NO5. The molecule has 0 radical (unpaired) electrons. The number of nitrogens with one attached hydrogen (secondary N) is 1. The highest BCUT2D eigenvalue weighted by Gasteiger charge is 2.11. The second-order valence-electron chi connectivity index (χ2n) is 5.45. The second-order valence-corrected chi connectivity index (χ2v) is 5.45. The Morgan fingerprint density at radius 1 is 1.04 bits per heavy atom. The van der Waals surface area contributed by atoms with E-state index in [4.69, 9.17) is 14.6 Å². The second kappa shape index (κ2) is 8.73. The third-order valence-corrected chi connectivity index (χ3v) is 3.74. The van der Waals surface area contributed by atoms with Crippen molar-refractivity contribution in [2.45, 2.75) is 19.3 Å². The molecule has 1 amide bonds. The number of hydrogen-bond donors (Lipinski definition) is 2. The number of carbonyl (C=O) groups is 2. The van der Waals surface area contributed by atoms with Gasteiger partial charge in [-0.05, 0) is 41.8 Å². The molecule has 0 heterocycles. The van der Waals surface area contributed by atoms with Gasteiger partial charge in [0.15, 0.2) is 0 Å². The van der Waals surface area contributed by atoms with Gasteiger partial charge in [0.2, 0.25) is 5.91 Å². The largest absolute Gasteiger partial charge is 0.497 e. The SMILES string of the molecule is COc1ccc(OC)c(CCC(=O)Nc2ccccc2CC(=O)O)c1. The number of rotatable bonds is 8. The number of carbonyl (C=O) groups excluding carboxylic acids is 1. The van der Waals surface area contributed by atoms with E-state index in [2.05, 4.69) is 5.32 Å². The molecule has 0 fully saturated rings. The van der Waals surface area contributed by atoms with Crippen LogP contribution in [0.15, 0.2) is 42.5 Å². The maximum absolute atomic E-state index is 12.2. The van der Waals surface area contributed by atoms with Crippen molar-refractivity contribution in [1.82, 2.24) is 0 Å². The molecule has 6 heteroatoms. The maximum atomic E-state index is 12.2. The molecule has 0 atom stereocenters. The molecule has 0 aliphatic rings. The van der Waals surface area contributed by atoms with Gasteiger partial charge in [0, 0.05) is 12.1 Å². The molecule has 2 rings (SSSR count). The van der Waals surface area contributed by atoms with Gasteiger partial charge in [-0.15, -0.1) is 0 Å². The Hall–Kier alpha value is -3.02. The van der Waals surface area contributed by atoms with Gasteiger partial charge < -0.3 is 19.9 Å². The smallest absolute Gasteiger partial charge is 0.307 e. The van der Waals surface area contributed by atoms with Crippen LogP contribution in [0.2, 0.25) is 0 Å². The summed E-state index contributed by atoms with van der Waals surface area (Å²) < 4.78 is 10.5. The molecule has 2 aromatic rings. The van der Waals surface area contributed by atoms with Gasteiger partial charge in [-0.3, -0.25) is 9.59 Å². The van der Waals surface area contributed by atoms with Crippen LogP contribution in [0, 0.1) is 0 Å². The average Bonchev–Trinajstić information content (AvgIpc) is 2.61. The lowest BCUT2D eigenvalue weighted by molar-refractivity contribution is -0.136. The van der Waals surface area contributed by atoms with Crippen molar-refractivity contribution in [2.24, 2.45) is 0 Å². The van der Waals surface area contributed by atoms with E-state index in [-0.39, 0.29) is 18.7 Å². The molecule has 0 aliphatic heterocycles. The summed E-state index contributed by atoms with van der Waals surface area (Å²) in [4.78, 5) is 23.2. The topological polar surface area (TPSA) is 84.9 Å². The van der Waals surface area contributed by atoms with Gasteiger partial charge >= 0.3 is 5.97 Å². The number of hydrogen-bond acceptors (Lipinski definition) is 4. The third kappa shape index (κ3) is 5.24. The van der Waals surface area contributed by atoms with Crippen LogP contribution in [0.1, 0.15) is 17.5 Å². The molecule has 0 aliphatic carbocycles. The Labute approximate surface area is 146 Å². The molecule has 0 bridgehead atoms. The number of benzene rings is 2. The van der Waals surface area contributed by atoms with Crippen LogP contribution in [-0.2, 0) is 22.4 Å². The van der Waals surface area contributed by atoms with Gasteiger partial charge in [0.25, 0.3) is 0 Å². The first-order valence-electron chi connectivity index (χ1n) is 7.84. The molecule has 2 aromatic carbocycles. The fraction of sp³-hybridized carbons (Fsp3) is 0.263. The van der Waals surface area contributed by atoms with Gasteiger partial charge in [-0.1, -0.05) is 18.2 Å². The fourth-order valence-corrected chi connectivity index (χ4v) is 2.50. The predicted octanol–water partition coefficient (Wildman–Crippen LogP) is 2.90. The van der Waals surface area contributed by atoms with Crippen LogP contribution >= 0.6 is 0 Å². The molecule has 0 saturated heterocycles. The molecule has 0 spiro atoms. The number of ether oxygens (including phenoxy) is 2. The number of carboxylic acids is 1. The van der Waals surface area contributed by atoms with Crippen molar-refractivity contribution in [1.29, 1.82) is 0 Å². The van der Waals surface area contributed by atoms with Gasteiger partial charge in [0.05, 0.1) is 20.6 Å². The van der Waals surface area contributed by atoms with E-state index in [9.17, 15) is 9.59 Å². The van der Waals surface area contributed by atoms with E-state index in [0.717, 1.165) is 5.56 Å². The summed E-state index contributed by atoms with van der Waals surface area (Å²) in [5.74, 6) is 0.258. The Bertz CT molecular complexity index is 757. The highest BCUT2D eigenvalue weighted by Crippen LogP contribution is 2.25. The van der Waals surface area contributed by atoms with Crippen LogP contribution in [0.3, 0.4) is 0 Å². The number of aryl methyl sites for hydroxylation is 1. The van der Waals surface area contributed by atoms with Crippen LogP contribution in [0.25, 0.3) is 0 Å². The van der Waals surface area contributed by atoms with Gasteiger partial charge in [-0.2, -0.15) is 0 Å². The van der Waals surface area contributed by atoms with Crippen LogP contribution in [-0.4, -0.2) is 31.2 Å². The minimum absolute atomic E-state index is 0.139. The van der Waals surface area contributed by atoms with E-state index in [1.54, 1.807) is 50.6 Å². The van der Waals surface area contributed by atoms with E-state index in [0.29, 0.717) is 29.2 Å². The number of amides is 1. The first-order valence-corrected chi connectivity index (χ1v) is 7.84. The minimum Gasteiger partial charge on any atom is -0.497 e. The van der Waals surface area contributed by atoms with Crippen molar-refractivity contribution >= 4 is 17.6 Å². The Morgan fingerprint density at radius 3 is 2.48 bits per heavy atom. The maximum Gasteiger partial charge on any atom is 0.307 e. The van der Waals surface area contributed by atoms with Crippen LogP contribution < -0.4 is 14.8 Å². The number of carboxylic acid groups (broad SMARTS) is 1. The van der Waals surface area contributed by atoms with Gasteiger partial charge in [0.1, 0.15) is 11.5 Å². The summed E-state index contributed by atoms with van der Waals surface area (Å²) in [6.45, 7) is 0. The third-order valence-electron chi connectivity index (χ3n) is 3.74. The van der Waals surface area contributed by atoms with E-state index in [1.165, 1.54) is 0 Å². The summed E-state index contributed by atoms with van der Waals surface area (Å²) in [6.07, 6.45) is 0.582. The Morgan fingerprint density at radius 2 is 1.80 bits per heavy atom. The highest BCUT2D eigenvalue weighted by molar-refractivity contribution is 5.92. The average molecular weight is 343 g/mol. The van der Waals surface area contributed by atoms with Crippen molar-refractivity contribution in [2.75, 3.05) is 19.5 Å². The first kappa shape index (κ1) is 18.3. The summed E-state index contributed by atoms with van der Waals surface area (Å²) >= 11 is 0. The zero-order valence-corrected chi connectivity index (χ0v) is 14.2. The number of methoxy groups -OCH3 is 2. The molecule has 0 unspecified atom stereocenters. The molecule has 0 aromatic heterocycles. The highest BCUT2D eigenvalue weighted by atomic mass is 16.5. The molecule has 25 heavy (non-hydrogen) atoms. The standard InChI is InChI=1S/C19H21NO5/c1-24-15-8-9-17(25-2)14(11-15)7-10-18(21)20-16-6-4-3-5-13(16)12-19(22)23/h3-6,8-9,11H,7,10,12H2,1-2H3,(H,20,21)(H,22,23). The molecule has 0 saturated carbocycles. The molecule has 6 nitrogen and oxygen atoms in total. The van der Waals surface area contributed by atoms with Gasteiger partial charge in [-0.25, -0.2) is 0 Å². The summed E-state index contributed by atoms with van der Waals surface area (Å²) in [7, 11) is 3.16. The Kier molecular flexibility index (Phi) is 6.39. The zero-order valence-electron chi connectivity index (χ0n) is 14.2. The normalized spacial score (nSPS) is 10.2. The van der Waals surface area contributed by atoms with Crippen molar-refractivity contribution in [3.8, 4) is 11.5 Å². The van der Waals surface area contributed by atoms with Crippen LogP contribution in [0.4, 0.5) is 5.69 Å². The Balaban J connectivity index is 2.03. The number of anilines is 1. The zero-order chi connectivity index (χ0) is 18.2. The van der Waals surface area contributed by atoms with Crippen LogP contribution in [0.5, 0.6) is 11.5 Å². The number of para-hydroxylation sites is 1. The number of aliphatic carboxylic acids is 1. The lowest BCUT2D eigenvalue weighted by atomic mass is 10.1. The lowest BCUT2D eigenvalue weighted by Gasteiger charge is -2.12. The quantitative estimate of drug-likeness (QED) is 0.770. The summed E-state index contributed by atoms with van der Waals surface area (Å²) in [6, 6.07) is 12.3. The van der Waals surface area contributed by atoms with Crippen molar-refractivity contribution in [3.63, 3.8) is 0 Å². The molecular weight excluding hydrogens is 322 g/mol. The van der Waals surface area contributed by atoms with E-state index < -0.39 is 5.97 Å². The van der Waals surface area contributed by atoms with E-state index in [1.807, 2.05) is 6.07 Å². The predicted molar refractivity (Wildman–Crippen MR) is 94.3 cm³/mol. The van der Waals surface area contributed by atoms with E-state index >= 15 is 0 Å². The van der Waals surface area contributed by atoms with Crippen molar-refractivity contribution < 1.29 is 24.2 Å². The monoisotopic (exact) mass is 343 g/mol. The summed E-state index contributed by atoms with van der Waals surface area (Å²) in [5, 5.41) is 11.7. The molecule has 2 N–H and O–H groups in total.